The van der Waals surface area contributed by atoms with Crippen molar-refractivity contribution in [1.82, 2.24) is 24.0 Å². The van der Waals surface area contributed by atoms with E-state index in [2.05, 4.69) is 10.3 Å². The molecule has 4 rings (SSSR count). The van der Waals surface area contributed by atoms with Gasteiger partial charge in [0, 0.05) is 19.1 Å². The van der Waals surface area contributed by atoms with E-state index in [1.807, 2.05) is 24.3 Å². The summed E-state index contributed by atoms with van der Waals surface area (Å²) < 4.78 is 3.79. The molecule has 3 aromatic rings. The number of hydrogen-bond donors (Lipinski definition) is 1. The van der Waals surface area contributed by atoms with Crippen LogP contribution < -0.4 is 16.6 Å². The molecule has 0 saturated heterocycles. The summed E-state index contributed by atoms with van der Waals surface area (Å²) in [6, 6.07) is 7.37. The largest absolute Gasteiger partial charge is 0.347 e. The average Bonchev–Trinajstić information content (AvgIpc) is 3.44. The third-order valence-electron chi connectivity index (χ3n) is 5.17. The van der Waals surface area contributed by atoms with Crippen LogP contribution in [0.25, 0.3) is 11.2 Å². The van der Waals surface area contributed by atoms with Crippen molar-refractivity contribution in [2.75, 3.05) is 0 Å². The molecule has 0 aliphatic heterocycles. The number of hydrogen-bond acceptors (Lipinski definition) is 4. The molecule has 0 spiro atoms. The molecule has 1 aliphatic rings. The van der Waals surface area contributed by atoms with Crippen LogP contribution in [0.15, 0.2) is 40.2 Å². The topological polar surface area (TPSA) is 90.9 Å². The zero-order valence-corrected chi connectivity index (χ0v) is 16.3. The summed E-state index contributed by atoms with van der Waals surface area (Å²) in [7, 11) is 2.95. The van der Waals surface area contributed by atoms with Gasteiger partial charge in [0.2, 0.25) is 5.91 Å². The van der Waals surface area contributed by atoms with Gasteiger partial charge >= 0.3 is 5.69 Å². The molecule has 9 heteroatoms. The molecule has 2 heterocycles. The van der Waals surface area contributed by atoms with Crippen molar-refractivity contribution in [1.29, 1.82) is 0 Å². The molecule has 1 aliphatic carbocycles. The fourth-order valence-corrected chi connectivity index (χ4v) is 3.59. The average molecular weight is 402 g/mol. The lowest BCUT2D eigenvalue weighted by molar-refractivity contribution is -0.122. The quantitative estimate of drug-likeness (QED) is 0.698. The number of nitrogens with one attached hydrogen (secondary N) is 1. The van der Waals surface area contributed by atoms with Crippen LogP contribution in [0.2, 0.25) is 5.02 Å². The van der Waals surface area contributed by atoms with Crippen LogP contribution in [0.4, 0.5) is 0 Å². The zero-order chi connectivity index (χ0) is 20.0. The highest BCUT2D eigenvalue weighted by molar-refractivity contribution is 6.30. The molecule has 1 fully saturated rings. The molecule has 28 heavy (non-hydrogen) atoms. The lowest BCUT2D eigenvalue weighted by Gasteiger charge is -2.19. The van der Waals surface area contributed by atoms with Gasteiger partial charge in [0.25, 0.3) is 5.56 Å². The summed E-state index contributed by atoms with van der Waals surface area (Å²) in [5, 5.41) is 3.72. The Kier molecular flexibility index (Phi) is 4.58. The maximum absolute atomic E-state index is 12.7. The van der Waals surface area contributed by atoms with E-state index in [0.717, 1.165) is 23.0 Å². The minimum atomic E-state index is -0.472. The molecule has 1 amide bonds. The van der Waals surface area contributed by atoms with Crippen molar-refractivity contribution in [3.63, 3.8) is 0 Å². The standard InChI is InChI=1S/C19H20ClN5O3/c1-23-17-16(18(27)24(2)19(23)28)25(10-21-17)9-14(26)22-15(11-3-4-11)12-5-7-13(20)8-6-12/h5-8,10-11,15H,3-4,9H2,1-2H3,(H,22,26)/t15-/m1/s1. The number of amides is 1. The van der Waals surface area contributed by atoms with Crippen molar-refractivity contribution in [3.8, 4) is 0 Å². The van der Waals surface area contributed by atoms with Gasteiger partial charge < -0.3 is 9.88 Å². The summed E-state index contributed by atoms with van der Waals surface area (Å²) >= 11 is 5.97. The first-order valence-corrected chi connectivity index (χ1v) is 9.40. The predicted octanol–water partition coefficient (Wildman–Crippen LogP) is 1.35. The lowest BCUT2D eigenvalue weighted by Crippen LogP contribution is -2.38. The molecular formula is C19H20ClN5O3. The Labute approximate surface area is 165 Å². The molecule has 0 bridgehead atoms. The highest BCUT2D eigenvalue weighted by atomic mass is 35.5. The summed E-state index contributed by atoms with van der Waals surface area (Å²) in [6.45, 7) is -0.0548. The SMILES string of the molecule is Cn1c(=O)c2c(ncn2CC(=O)N[C@@H](c2ccc(Cl)cc2)C2CC2)n(C)c1=O. The third kappa shape index (κ3) is 3.24. The van der Waals surface area contributed by atoms with Crippen molar-refractivity contribution in [2.24, 2.45) is 20.0 Å². The van der Waals surface area contributed by atoms with Crippen molar-refractivity contribution in [3.05, 3.63) is 62.0 Å². The van der Waals surface area contributed by atoms with Gasteiger partial charge in [0.05, 0.1) is 12.4 Å². The summed E-state index contributed by atoms with van der Waals surface area (Å²) in [5.41, 5.74) is 0.573. The van der Waals surface area contributed by atoms with E-state index < -0.39 is 11.2 Å². The number of rotatable bonds is 5. The monoisotopic (exact) mass is 401 g/mol. The van der Waals surface area contributed by atoms with Crippen molar-refractivity contribution < 1.29 is 4.79 Å². The summed E-state index contributed by atoms with van der Waals surface area (Å²) in [5.74, 6) is 0.181. The molecule has 1 atom stereocenters. The van der Waals surface area contributed by atoms with Gasteiger partial charge in [-0.05, 0) is 36.5 Å². The highest BCUT2D eigenvalue weighted by Crippen LogP contribution is 2.41. The van der Waals surface area contributed by atoms with Crippen LogP contribution in [0.5, 0.6) is 0 Å². The van der Waals surface area contributed by atoms with Crippen LogP contribution in [0, 0.1) is 5.92 Å². The Bertz CT molecular complexity index is 1170. The maximum atomic E-state index is 12.7. The van der Waals surface area contributed by atoms with Crippen LogP contribution >= 0.6 is 11.6 Å². The number of fused-ring (bicyclic) bond motifs is 1. The second-order valence-electron chi connectivity index (χ2n) is 7.18. The van der Waals surface area contributed by atoms with Gasteiger partial charge in [-0.15, -0.1) is 0 Å². The van der Waals surface area contributed by atoms with Crippen molar-refractivity contribution >= 4 is 28.7 Å². The van der Waals surface area contributed by atoms with Gasteiger partial charge in [-0.25, -0.2) is 9.78 Å². The van der Waals surface area contributed by atoms with E-state index in [4.69, 9.17) is 11.6 Å². The van der Waals surface area contributed by atoms with E-state index in [1.165, 1.54) is 22.5 Å². The van der Waals surface area contributed by atoms with Gasteiger partial charge in [-0.2, -0.15) is 0 Å². The van der Waals surface area contributed by atoms with E-state index in [9.17, 15) is 14.4 Å². The van der Waals surface area contributed by atoms with Gasteiger partial charge in [-0.3, -0.25) is 18.7 Å². The first kappa shape index (κ1) is 18.5. The Hall–Kier alpha value is -2.87. The number of aromatic nitrogens is 4. The number of imidazole rings is 1. The first-order chi connectivity index (χ1) is 13.4. The highest BCUT2D eigenvalue weighted by Gasteiger charge is 2.33. The smallest absolute Gasteiger partial charge is 0.332 e. The second-order valence-corrected chi connectivity index (χ2v) is 7.62. The molecule has 2 aromatic heterocycles. The Morgan fingerprint density at radius 3 is 2.54 bits per heavy atom. The Morgan fingerprint density at radius 2 is 1.89 bits per heavy atom. The van der Waals surface area contributed by atoms with E-state index in [-0.39, 0.29) is 29.7 Å². The maximum Gasteiger partial charge on any atom is 0.332 e. The fourth-order valence-electron chi connectivity index (χ4n) is 3.46. The first-order valence-electron chi connectivity index (χ1n) is 9.02. The van der Waals surface area contributed by atoms with Crippen LogP contribution in [-0.4, -0.2) is 24.6 Å². The van der Waals surface area contributed by atoms with Gasteiger partial charge in [0.15, 0.2) is 11.2 Å². The van der Waals surface area contributed by atoms with Crippen molar-refractivity contribution in [2.45, 2.75) is 25.4 Å². The summed E-state index contributed by atoms with van der Waals surface area (Å²) in [6.07, 6.45) is 3.54. The number of carbonyl (C=O) groups is 1. The fraction of sp³-hybridized carbons (Fsp3) is 0.368. The van der Waals surface area contributed by atoms with Gasteiger partial charge in [0.1, 0.15) is 6.54 Å². The van der Waals surface area contributed by atoms with E-state index in [1.54, 1.807) is 7.05 Å². The Morgan fingerprint density at radius 1 is 1.21 bits per heavy atom. The third-order valence-corrected chi connectivity index (χ3v) is 5.42. The minimum Gasteiger partial charge on any atom is -0.347 e. The van der Waals surface area contributed by atoms with Gasteiger partial charge in [-0.1, -0.05) is 23.7 Å². The predicted molar refractivity (Wildman–Crippen MR) is 105 cm³/mol. The van der Waals surface area contributed by atoms with Crippen LogP contribution in [0.1, 0.15) is 24.4 Å². The number of nitrogens with zero attached hydrogens (tertiary/aromatic N) is 4. The Balaban J connectivity index is 1.61. The molecule has 0 unspecified atom stereocenters. The molecular weight excluding hydrogens is 382 g/mol. The van der Waals surface area contributed by atoms with Crippen LogP contribution in [-0.2, 0) is 25.4 Å². The normalized spacial score (nSPS) is 15.0. The summed E-state index contributed by atoms with van der Waals surface area (Å²) in [4.78, 5) is 41.4. The zero-order valence-electron chi connectivity index (χ0n) is 15.6. The lowest BCUT2D eigenvalue weighted by atomic mass is 10.0. The second kappa shape index (κ2) is 6.94. The van der Waals surface area contributed by atoms with Crippen LogP contribution in [0.3, 0.4) is 0 Å². The molecule has 0 radical (unpaired) electrons. The number of halogens is 1. The molecule has 1 saturated carbocycles. The van der Waals surface area contributed by atoms with E-state index >= 15 is 0 Å². The molecule has 8 nitrogen and oxygen atoms in total. The number of benzene rings is 1. The number of aryl methyl sites for hydroxylation is 1. The molecule has 1 N–H and O–H groups in total. The number of carbonyl (C=O) groups excluding carboxylic acids is 1. The molecule has 146 valence electrons. The van der Waals surface area contributed by atoms with E-state index in [0.29, 0.717) is 10.9 Å². The minimum absolute atomic E-state index is 0.0548. The molecule has 1 aromatic carbocycles.